The lowest BCUT2D eigenvalue weighted by Crippen LogP contribution is -2.36. The minimum atomic E-state index is 0.374. The van der Waals surface area contributed by atoms with Crippen LogP contribution < -0.4 is 5.32 Å². The van der Waals surface area contributed by atoms with Gasteiger partial charge in [0.25, 0.3) is 0 Å². The van der Waals surface area contributed by atoms with Crippen molar-refractivity contribution in [3.8, 4) is 0 Å². The third-order valence-electron chi connectivity index (χ3n) is 1.88. The molecule has 1 saturated heterocycles. The Hall–Kier alpha value is 0.310. The molecule has 0 aromatic heterocycles. The van der Waals surface area contributed by atoms with Crippen molar-refractivity contribution in [3.63, 3.8) is 0 Å². The van der Waals surface area contributed by atoms with E-state index in [2.05, 4.69) is 26.1 Å². The van der Waals surface area contributed by atoms with Crippen LogP contribution >= 0.6 is 11.8 Å². The van der Waals surface area contributed by atoms with Crippen LogP contribution in [0.2, 0.25) is 0 Å². The van der Waals surface area contributed by atoms with Crippen LogP contribution in [-0.2, 0) is 0 Å². The fraction of sp³-hybridized carbons (Fsp3) is 1.00. The number of hydrogen-bond donors (Lipinski definition) is 1. The highest BCUT2D eigenvalue weighted by Gasteiger charge is 2.30. The maximum Gasteiger partial charge on any atom is 0.0616 e. The van der Waals surface area contributed by atoms with E-state index < -0.39 is 0 Å². The lowest BCUT2D eigenvalue weighted by atomic mass is 10.2. The van der Waals surface area contributed by atoms with E-state index in [1.165, 1.54) is 12.2 Å². The Kier molecular flexibility index (Phi) is 2.07. The van der Waals surface area contributed by atoms with Gasteiger partial charge in [-0.3, -0.25) is 5.32 Å². The predicted octanol–water partition coefficient (Wildman–Crippen LogP) is 1.84. The first kappa shape index (κ1) is 7.42. The molecule has 1 nitrogen and oxygen atoms in total. The van der Waals surface area contributed by atoms with Gasteiger partial charge in [0.2, 0.25) is 0 Å². The molecular formula is C7H15NS. The zero-order chi connectivity index (χ0) is 6.91. The van der Waals surface area contributed by atoms with Crippen LogP contribution in [0.5, 0.6) is 0 Å². The summed E-state index contributed by atoms with van der Waals surface area (Å²) < 4.78 is 0. The van der Waals surface area contributed by atoms with Crippen LogP contribution in [-0.4, -0.2) is 16.7 Å². The van der Waals surface area contributed by atoms with Gasteiger partial charge in [0, 0.05) is 11.8 Å². The van der Waals surface area contributed by atoms with Crippen LogP contribution in [0.3, 0.4) is 0 Å². The smallest absolute Gasteiger partial charge is 0.0616 e. The Bertz CT molecular complexity index is 105. The Morgan fingerprint density at radius 3 is 2.67 bits per heavy atom. The topological polar surface area (TPSA) is 12.0 Å². The largest absolute Gasteiger partial charge is 0.300 e. The molecule has 0 saturated carbocycles. The minimum Gasteiger partial charge on any atom is -0.300 e. The Morgan fingerprint density at radius 2 is 2.44 bits per heavy atom. The molecule has 0 aliphatic carbocycles. The second kappa shape index (κ2) is 2.51. The van der Waals surface area contributed by atoms with E-state index in [0.717, 1.165) is 0 Å². The first-order chi connectivity index (χ1) is 4.16. The second-order valence-corrected chi connectivity index (χ2v) is 4.46. The van der Waals surface area contributed by atoms with Crippen molar-refractivity contribution in [2.45, 2.75) is 38.1 Å². The molecule has 1 fully saturated rings. The zero-order valence-corrected chi connectivity index (χ0v) is 7.22. The molecule has 0 bridgehead atoms. The number of rotatable bonds is 1. The molecule has 1 rings (SSSR count). The molecule has 1 heterocycles. The van der Waals surface area contributed by atoms with E-state index >= 15 is 0 Å². The van der Waals surface area contributed by atoms with Crippen molar-refractivity contribution in [1.29, 1.82) is 0 Å². The summed E-state index contributed by atoms with van der Waals surface area (Å²) in [4.78, 5) is 0.374. The average Bonchev–Trinajstić information content (AvgIpc) is 2.13. The van der Waals surface area contributed by atoms with Crippen LogP contribution in [0.4, 0.5) is 0 Å². The molecule has 1 aliphatic heterocycles. The summed E-state index contributed by atoms with van der Waals surface area (Å²) in [6, 6.07) is 0.708. The molecule has 1 aliphatic rings. The van der Waals surface area contributed by atoms with Gasteiger partial charge >= 0.3 is 0 Å². The van der Waals surface area contributed by atoms with E-state index in [9.17, 15) is 0 Å². The Balaban J connectivity index is 2.45. The lowest BCUT2D eigenvalue weighted by Gasteiger charge is -2.21. The SMILES string of the molecule is CCC1(C)NC(C)CS1. The summed E-state index contributed by atoms with van der Waals surface area (Å²) >= 11 is 2.04. The van der Waals surface area contributed by atoms with Crippen molar-refractivity contribution in [2.75, 3.05) is 5.75 Å². The number of hydrogen-bond acceptors (Lipinski definition) is 2. The van der Waals surface area contributed by atoms with E-state index in [-0.39, 0.29) is 0 Å². The normalized spacial score (nSPS) is 43.7. The van der Waals surface area contributed by atoms with Gasteiger partial charge in [-0.25, -0.2) is 0 Å². The van der Waals surface area contributed by atoms with Gasteiger partial charge in [-0.05, 0) is 20.3 Å². The summed E-state index contributed by atoms with van der Waals surface area (Å²) in [6.07, 6.45) is 1.22. The van der Waals surface area contributed by atoms with Crippen molar-refractivity contribution in [1.82, 2.24) is 5.32 Å². The summed E-state index contributed by atoms with van der Waals surface area (Å²) in [7, 11) is 0. The maximum atomic E-state index is 3.54. The van der Waals surface area contributed by atoms with Crippen molar-refractivity contribution < 1.29 is 0 Å². The summed E-state index contributed by atoms with van der Waals surface area (Å²) in [5, 5.41) is 3.54. The van der Waals surface area contributed by atoms with Crippen LogP contribution in [0.25, 0.3) is 0 Å². The summed E-state index contributed by atoms with van der Waals surface area (Å²) in [5.41, 5.74) is 0. The third kappa shape index (κ3) is 1.62. The second-order valence-electron chi connectivity index (χ2n) is 2.94. The molecule has 0 aromatic rings. The standard InChI is InChI=1S/C7H15NS/c1-4-7(3)8-6(2)5-9-7/h6,8H,4-5H2,1-3H3. The maximum absolute atomic E-state index is 3.54. The predicted molar refractivity (Wildman–Crippen MR) is 43.8 cm³/mol. The minimum absolute atomic E-state index is 0.374. The highest BCUT2D eigenvalue weighted by Crippen LogP contribution is 2.32. The Morgan fingerprint density at radius 1 is 1.78 bits per heavy atom. The molecule has 1 N–H and O–H groups in total. The lowest BCUT2D eigenvalue weighted by molar-refractivity contribution is 0.472. The fourth-order valence-corrected chi connectivity index (χ4v) is 2.31. The van der Waals surface area contributed by atoms with Crippen molar-refractivity contribution in [3.05, 3.63) is 0 Å². The monoisotopic (exact) mass is 145 g/mol. The molecule has 0 amide bonds. The molecule has 9 heavy (non-hydrogen) atoms. The van der Waals surface area contributed by atoms with E-state index in [4.69, 9.17) is 0 Å². The highest BCUT2D eigenvalue weighted by molar-refractivity contribution is 8.00. The molecular weight excluding hydrogens is 130 g/mol. The van der Waals surface area contributed by atoms with Gasteiger partial charge in [0.05, 0.1) is 4.87 Å². The van der Waals surface area contributed by atoms with Crippen molar-refractivity contribution in [2.24, 2.45) is 0 Å². The molecule has 2 heteroatoms. The summed E-state index contributed by atoms with van der Waals surface area (Å²) in [5.74, 6) is 1.27. The van der Waals surface area contributed by atoms with Gasteiger partial charge in [-0.2, -0.15) is 0 Å². The molecule has 2 atom stereocenters. The molecule has 0 spiro atoms. The van der Waals surface area contributed by atoms with Gasteiger partial charge in [-0.1, -0.05) is 6.92 Å². The number of thioether (sulfide) groups is 1. The first-order valence-corrected chi connectivity index (χ1v) is 4.56. The zero-order valence-electron chi connectivity index (χ0n) is 6.40. The summed E-state index contributed by atoms with van der Waals surface area (Å²) in [6.45, 7) is 6.76. The van der Waals surface area contributed by atoms with Gasteiger partial charge in [-0.15, -0.1) is 11.8 Å². The molecule has 0 aromatic carbocycles. The third-order valence-corrected chi connectivity index (χ3v) is 3.59. The van der Waals surface area contributed by atoms with Gasteiger partial charge in [0.1, 0.15) is 0 Å². The Labute approximate surface area is 61.6 Å². The highest BCUT2D eigenvalue weighted by atomic mass is 32.2. The molecule has 54 valence electrons. The fourth-order valence-electron chi connectivity index (χ4n) is 1.12. The van der Waals surface area contributed by atoms with E-state index in [1.807, 2.05) is 11.8 Å². The van der Waals surface area contributed by atoms with Crippen LogP contribution in [0.15, 0.2) is 0 Å². The van der Waals surface area contributed by atoms with E-state index in [0.29, 0.717) is 10.9 Å². The van der Waals surface area contributed by atoms with Crippen LogP contribution in [0, 0.1) is 0 Å². The van der Waals surface area contributed by atoms with Gasteiger partial charge < -0.3 is 0 Å². The first-order valence-electron chi connectivity index (χ1n) is 3.58. The quantitative estimate of drug-likeness (QED) is 0.604. The number of nitrogens with one attached hydrogen (secondary N) is 1. The van der Waals surface area contributed by atoms with Gasteiger partial charge in [0.15, 0.2) is 0 Å². The molecule has 0 radical (unpaired) electrons. The molecule has 2 unspecified atom stereocenters. The van der Waals surface area contributed by atoms with Crippen LogP contribution in [0.1, 0.15) is 27.2 Å². The van der Waals surface area contributed by atoms with Crippen molar-refractivity contribution >= 4 is 11.8 Å². The van der Waals surface area contributed by atoms with E-state index in [1.54, 1.807) is 0 Å². The average molecular weight is 145 g/mol.